The summed E-state index contributed by atoms with van der Waals surface area (Å²) in [6.45, 7) is 6.12. The van der Waals surface area contributed by atoms with E-state index >= 15 is 0 Å². The summed E-state index contributed by atoms with van der Waals surface area (Å²) in [7, 11) is 0. The molecule has 2 aromatic heterocycles. The lowest BCUT2D eigenvalue weighted by Gasteiger charge is -2.18. The van der Waals surface area contributed by atoms with Crippen LogP contribution < -0.4 is 0 Å². The van der Waals surface area contributed by atoms with E-state index in [1.165, 1.54) is 0 Å². The fraction of sp³-hybridized carbons (Fsp3) is 0.174. The number of benzene rings is 2. The number of rotatable bonds is 2. The van der Waals surface area contributed by atoms with Gasteiger partial charge in [-0.1, -0.05) is 89.7 Å². The molecule has 0 aliphatic heterocycles. The first-order valence-corrected chi connectivity index (χ1v) is 11.2. The highest BCUT2D eigenvalue weighted by Gasteiger charge is 2.22. The molecule has 0 N–H and O–H groups in total. The lowest BCUT2D eigenvalue weighted by Crippen LogP contribution is -2.16. The van der Waals surface area contributed by atoms with Crippen molar-refractivity contribution in [3.05, 3.63) is 74.0 Å². The molecule has 2 aromatic carbocycles. The standard InChI is InChI=1S/C23H17BrCl3N3/c1-23(2,3)22-29-20(27)17-11-16(12-4-7-14(25)8-5-12)19(28-21(17)30-22)15-9-6-13(24)10-18(15)26/h4-11H,1-3H3. The van der Waals surface area contributed by atoms with Crippen molar-refractivity contribution in [2.45, 2.75) is 26.2 Å². The van der Waals surface area contributed by atoms with Crippen LogP contribution in [0.1, 0.15) is 26.6 Å². The fourth-order valence-corrected chi connectivity index (χ4v) is 4.20. The van der Waals surface area contributed by atoms with E-state index in [0.717, 1.165) is 26.9 Å². The second kappa shape index (κ2) is 8.08. The van der Waals surface area contributed by atoms with Gasteiger partial charge in [-0.3, -0.25) is 0 Å². The average Bonchev–Trinajstić information content (AvgIpc) is 2.67. The molecule has 4 rings (SSSR count). The maximum atomic E-state index is 6.59. The Kier molecular flexibility index (Phi) is 5.80. The summed E-state index contributed by atoms with van der Waals surface area (Å²) >= 11 is 22.7. The molecule has 0 aliphatic rings. The van der Waals surface area contributed by atoms with E-state index in [4.69, 9.17) is 44.8 Å². The molecule has 0 bridgehead atoms. The molecule has 30 heavy (non-hydrogen) atoms. The summed E-state index contributed by atoms with van der Waals surface area (Å²) in [6, 6.07) is 15.3. The molecule has 7 heteroatoms. The monoisotopic (exact) mass is 519 g/mol. The van der Waals surface area contributed by atoms with Crippen molar-refractivity contribution in [3.8, 4) is 22.4 Å². The second-order valence-electron chi connectivity index (χ2n) is 7.97. The molecule has 0 saturated carbocycles. The molecule has 0 spiro atoms. The van der Waals surface area contributed by atoms with Crippen LogP contribution >= 0.6 is 50.7 Å². The normalized spacial score (nSPS) is 11.8. The van der Waals surface area contributed by atoms with Gasteiger partial charge >= 0.3 is 0 Å². The quantitative estimate of drug-likeness (QED) is 0.249. The lowest BCUT2D eigenvalue weighted by molar-refractivity contribution is 0.548. The molecule has 2 heterocycles. The minimum absolute atomic E-state index is 0.260. The van der Waals surface area contributed by atoms with Crippen molar-refractivity contribution in [1.82, 2.24) is 15.0 Å². The molecule has 0 radical (unpaired) electrons. The molecule has 0 aliphatic carbocycles. The van der Waals surface area contributed by atoms with Gasteiger partial charge in [-0.05, 0) is 35.9 Å². The van der Waals surface area contributed by atoms with Crippen LogP contribution in [0.3, 0.4) is 0 Å². The highest BCUT2D eigenvalue weighted by molar-refractivity contribution is 9.10. The Morgan fingerprint density at radius 3 is 2.13 bits per heavy atom. The summed E-state index contributed by atoms with van der Waals surface area (Å²) in [5.74, 6) is 0.639. The van der Waals surface area contributed by atoms with Gasteiger partial charge < -0.3 is 0 Å². The van der Waals surface area contributed by atoms with Crippen molar-refractivity contribution in [3.63, 3.8) is 0 Å². The predicted octanol–water partition coefficient (Wildman–Crippen LogP) is 8.38. The van der Waals surface area contributed by atoms with E-state index in [1.807, 2.05) is 69.3 Å². The zero-order valence-corrected chi connectivity index (χ0v) is 20.3. The average molecular weight is 522 g/mol. The van der Waals surface area contributed by atoms with E-state index in [2.05, 4.69) is 20.9 Å². The molecule has 152 valence electrons. The van der Waals surface area contributed by atoms with Gasteiger partial charge in [-0.15, -0.1) is 0 Å². The number of fused-ring (bicyclic) bond motifs is 1. The number of pyridine rings is 1. The molecule has 0 amide bonds. The predicted molar refractivity (Wildman–Crippen MR) is 130 cm³/mol. The van der Waals surface area contributed by atoms with Crippen LogP contribution in [0.2, 0.25) is 15.2 Å². The third kappa shape index (κ3) is 4.19. The van der Waals surface area contributed by atoms with Gasteiger partial charge in [0.15, 0.2) is 5.65 Å². The second-order valence-corrected chi connectivity index (χ2v) is 10.1. The van der Waals surface area contributed by atoms with Crippen LogP contribution in [-0.4, -0.2) is 15.0 Å². The smallest absolute Gasteiger partial charge is 0.165 e. The van der Waals surface area contributed by atoms with Crippen LogP contribution in [0.4, 0.5) is 0 Å². The molecule has 0 atom stereocenters. The molecular weight excluding hydrogens is 505 g/mol. The van der Waals surface area contributed by atoms with Crippen LogP contribution in [0.25, 0.3) is 33.4 Å². The molecular formula is C23H17BrCl3N3. The van der Waals surface area contributed by atoms with Gasteiger partial charge in [-0.2, -0.15) is 0 Å². The maximum absolute atomic E-state index is 6.59. The van der Waals surface area contributed by atoms with E-state index in [9.17, 15) is 0 Å². The van der Waals surface area contributed by atoms with Gasteiger partial charge in [0.05, 0.1) is 16.1 Å². The fourth-order valence-electron chi connectivity index (χ4n) is 3.09. The zero-order chi connectivity index (χ0) is 21.6. The van der Waals surface area contributed by atoms with E-state index in [1.54, 1.807) is 0 Å². The van der Waals surface area contributed by atoms with E-state index in [-0.39, 0.29) is 5.41 Å². The first-order valence-electron chi connectivity index (χ1n) is 9.23. The number of hydrogen-bond acceptors (Lipinski definition) is 3. The highest BCUT2D eigenvalue weighted by Crippen LogP contribution is 2.39. The van der Waals surface area contributed by atoms with Gasteiger partial charge in [-0.25, -0.2) is 15.0 Å². The topological polar surface area (TPSA) is 38.7 Å². The number of aromatic nitrogens is 3. The first kappa shape index (κ1) is 21.5. The third-order valence-electron chi connectivity index (χ3n) is 4.65. The number of nitrogens with zero attached hydrogens (tertiary/aromatic N) is 3. The lowest BCUT2D eigenvalue weighted by atomic mass is 9.95. The zero-order valence-electron chi connectivity index (χ0n) is 16.5. The SMILES string of the molecule is CC(C)(C)c1nc(Cl)c2cc(-c3ccc(Cl)cc3)c(-c3ccc(Br)cc3Cl)nc2n1. The summed E-state index contributed by atoms with van der Waals surface area (Å²) < 4.78 is 0.894. The van der Waals surface area contributed by atoms with Gasteiger partial charge in [0.1, 0.15) is 11.0 Å². The summed E-state index contributed by atoms with van der Waals surface area (Å²) in [5, 5.41) is 2.31. The first-order chi connectivity index (χ1) is 14.1. The Labute approximate surface area is 198 Å². The Hall–Kier alpha value is -1.72. The summed E-state index contributed by atoms with van der Waals surface area (Å²) in [5.41, 5.74) is 3.61. The largest absolute Gasteiger partial charge is 0.227 e. The number of hydrogen-bond donors (Lipinski definition) is 0. The Morgan fingerprint density at radius 1 is 0.800 bits per heavy atom. The molecule has 3 nitrogen and oxygen atoms in total. The Bertz CT molecular complexity index is 1270. The van der Waals surface area contributed by atoms with Gasteiger partial charge in [0.2, 0.25) is 0 Å². The minimum Gasteiger partial charge on any atom is -0.227 e. The minimum atomic E-state index is -0.260. The van der Waals surface area contributed by atoms with Crippen LogP contribution in [0.5, 0.6) is 0 Å². The third-order valence-corrected chi connectivity index (χ3v) is 6.00. The molecule has 0 saturated heterocycles. The van der Waals surface area contributed by atoms with Crippen molar-refractivity contribution < 1.29 is 0 Å². The van der Waals surface area contributed by atoms with Crippen molar-refractivity contribution in [1.29, 1.82) is 0 Å². The van der Waals surface area contributed by atoms with Crippen LogP contribution in [0, 0.1) is 0 Å². The van der Waals surface area contributed by atoms with Crippen LogP contribution in [0.15, 0.2) is 53.0 Å². The highest BCUT2D eigenvalue weighted by atomic mass is 79.9. The van der Waals surface area contributed by atoms with Crippen molar-refractivity contribution in [2.24, 2.45) is 0 Å². The van der Waals surface area contributed by atoms with Gasteiger partial charge in [0, 0.05) is 26.0 Å². The van der Waals surface area contributed by atoms with E-state index in [0.29, 0.717) is 32.1 Å². The Balaban J connectivity index is 2.07. The summed E-state index contributed by atoms with van der Waals surface area (Å²) in [6.07, 6.45) is 0. The van der Waals surface area contributed by atoms with Gasteiger partial charge in [0.25, 0.3) is 0 Å². The van der Waals surface area contributed by atoms with Crippen LogP contribution in [-0.2, 0) is 5.41 Å². The Morgan fingerprint density at radius 2 is 1.50 bits per heavy atom. The van der Waals surface area contributed by atoms with Crippen molar-refractivity contribution in [2.75, 3.05) is 0 Å². The van der Waals surface area contributed by atoms with Crippen molar-refractivity contribution >= 4 is 61.8 Å². The molecule has 0 unspecified atom stereocenters. The molecule has 4 aromatic rings. The molecule has 0 fully saturated rings. The summed E-state index contributed by atoms with van der Waals surface area (Å²) in [4.78, 5) is 14.1. The number of halogens is 4. The van der Waals surface area contributed by atoms with E-state index < -0.39 is 0 Å². The maximum Gasteiger partial charge on any atom is 0.165 e.